The maximum Gasteiger partial charge on any atom is 0.331 e. The van der Waals surface area contributed by atoms with Gasteiger partial charge in [-0.05, 0) is 49.9 Å². The number of rotatable bonds is 5. The van der Waals surface area contributed by atoms with Crippen molar-refractivity contribution in [3.8, 4) is 11.5 Å². The molecule has 0 aromatic heterocycles. The Morgan fingerprint density at radius 3 is 2.48 bits per heavy atom. The number of aryl methyl sites for hydroxylation is 1. The lowest BCUT2D eigenvalue weighted by Crippen LogP contribution is -2.58. The summed E-state index contributed by atoms with van der Waals surface area (Å²) in [5.41, 5.74) is 1.04. The van der Waals surface area contributed by atoms with Gasteiger partial charge in [-0.25, -0.2) is 4.79 Å². The Balaban J connectivity index is 1.51. The molecule has 7 unspecified atom stereocenters. The zero-order chi connectivity index (χ0) is 30.2. The highest BCUT2D eigenvalue weighted by atomic mass is 16.7. The van der Waals surface area contributed by atoms with E-state index < -0.39 is 60.5 Å². The van der Waals surface area contributed by atoms with Gasteiger partial charge in [0.15, 0.2) is 5.78 Å². The van der Waals surface area contributed by atoms with E-state index in [0.717, 1.165) is 6.42 Å². The molecular weight excluding hydrogens is 546 g/mol. The van der Waals surface area contributed by atoms with Crippen LogP contribution in [0, 0.1) is 12.8 Å². The number of aliphatic hydroxyl groups excluding tert-OH is 3. The summed E-state index contributed by atoms with van der Waals surface area (Å²) in [6.45, 7) is 7.25. The van der Waals surface area contributed by atoms with Crippen LogP contribution in [0.3, 0.4) is 0 Å². The lowest BCUT2D eigenvalue weighted by Gasteiger charge is -2.40. The molecule has 0 spiro atoms. The Kier molecular flexibility index (Phi) is 6.88. The number of Topliss-reactive ketones (excluding diaryl/α,β-unsaturated/α-hetero) is 2. The molecule has 2 aromatic carbocycles. The van der Waals surface area contributed by atoms with Crippen LogP contribution in [0.25, 0.3) is 5.57 Å². The topological polar surface area (TPSA) is 163 Å². The number of fused-ring (bicyclic) bond motifs is 6. The number of esters is 1. The van der Waals surface area contributed by atoms with Crippen LogP contribution in [-0.4, -0.2) is 79.6 Å². The highest BCUT2D eigenvalue weighted by Crippen LogP contribution is 2.52. The van der Waals surface area contributed by atoms with E-state index in [1.165, 1.54) is 31.2 Å². The number of ketones is 2. The highest BCUT2D eigenvalue weighted by Gasteiger charge is 2.54. The minimum absolute atomic E-state index is 0.00414. The zero-order valence-corrected chi connectivity index (χ0v) is 23.6. The summed E-state index contributed by atoms with van der Waals surface area (Å²) in [5, 5.41) is 42.0. The SMILES string of the molecule is CCC(C)C[C@@H]1C(=O)OC2c3cc(C)cc(O)c3C3=C(C(=O)c4c(OC5OC(C)C(O)C(O)C5O)cccc4C3=O)N21. The molecule has 3 heterocycles. The largest absolute Gasteiger partial charge is 0.507 e. The first-order valence-corrected chi connectivity index (χ1v) is 14.1. The summed E-state index contributed by atoms with van der Waals surface area (Å²) in [6, 6.07) is 6.78. The average Bonchev–Trinajstić information content (AvgIpc) is 3.28. The standard InChI is InChI=1S/C31H33NO10/c1-5-12(2)10-17-30(39)42-29-16-9-13(3)11-18(33)20(16)22-23(32(17)29)26(36)21-15(25(22)35)7-6-8-19(21)41-31-28(38)27(37)24(34)14(4)40-31/h6-9,11-12,14,17,24,27-29,31,33-34,37-38H,5,10H2,1-4H3/t12?,14?,17-,24?,27?,28?,29?,31?/m1/s1. The normalized spacial score (nSPS) is 30.8. The Hall–Kier alpha value is -3.77. The van der Waals surface area contributed by atoms with Crippen LogP contribution in [0.15, 0.2) is 36.0 Å². The van der Waals surface area contributed by atoms with Crippen LogP contribution in [0.1, 0.15) is 77.2 Å². The van der Waals surface area contributed by atoms with Crippen LogP contribution >= 0.6 is 0 Å². The first-order valence-electron chi connectivity index (χ1n) is 14.1. The van der Waals surface area contributed by atoms with Gasteiger partial charge in [0.05, 0.1) is 17.2 Å². The van der Waals surface area contributed by atoms with E-state index in [4.69, 9.17) is 14.2 Å². The quantitative estimate of drug-likeness (QED) is 0.385. The predicted octanol–water partition coefficient (Wildman–Crippen LogP) is 2.37. The molecular formula is C31H33NO10. The van der Waals surface area contributed by atoms with Crippen molar-refractivity contribution >= 4 is 23.1 Å². The molecule has 2 aromatic rings. The van der Waals surface area contributed by atoms with E-state index in [1.54, 1.807) is 17.9 Å². The van der Waals surface area contributed by atoms with Gasteiger partial charge in [0.25, 0.3) is 0 Å². The maximum atomic E-state index is 14.5. The molecule has 11 heteroatoms. The third-order valence-electron chi connectivity index (χ3n) is 8.71. The second-order valence-electron chi connectivity index (χ2n) is 11.6. The van der Waals surface area contributed by atoms with Crippen LogP contribution in [0.5, 0.6) is 11.5 Å². The zero-order valence-electron chi connectivity index (χ0n) is 23.6. The number of hydrogen-bond donors (Lipinski definition) is 4. The molecule has 2 saturated heterocycles. The van der Waals surface area contributed by atoms with E-state index in [9.17, 15) is 34.8 Å². The number of allylic oxidation sites excluding steroid dienone is 2. The molecule has 0 saturated carbocycles. The lowest BCUT2D eigenvalue weighted by molar-refractivity contribution is -0.268. The van der Waals surface area contributed by atoms with Gasteiger partial charge in [-0.1, -0.05) is 32.4 Å². The number of nitrogens with zero attached hydrogens (tertiary/aromatic N) is 1. The molecule has 8 atom stereocenters. The van der Waals surface area contributed by atoms with E-state index in [0.29, 0.717) is 17.5 Å². The molecule has 0 radical (unpaired) electrons. The molecule has 3 aliphatic heterocycles. The van der Waals surface area contributed by atoms with Crippen molar-refractivity contribution in [3.05, 3.63) is 63.8 Å². The van der Waals surface area contributed by atoms with Gasteiger partial charge in [-0.15, -0.1) is 0 Å². The monoisotopic (exact) mass is 579 g/mol. The number of hydrogen-bond acceptors (Lipinski definition) is 11. The summed E-state index contributed by atoms with van der Waals surface area (Å²) in [7, 11) is 0. The van der Waals surface area contributed by atoms with Gasteiger partial charge >= 0.3 is 5.97 Å². The Morgan fingerprint density at radius 2 is 1.76 bits per heavy atom. The number of carbonyl (C=O) groups is 3. The molecule has 42 heavy (non-hydrogen) atoms. The van der Waals surface area contributed by atoms with Crippen molar-refractivity contribution in [1.29, 1.82) is 0 Å². The average molecular weight is 580 g/mol. The van der Waals surface area contributed by atoms with Gasteiger partial charge in [0.2, 0.25) is 18.3 Å². The fourth-order valence-electron chi connectivity index (χ4n) is 6.27. The molecule has 2 fully saturated rings. The van der Waals surface area contributed by atoms with Gasteiger partial charge in [0, 0.05) is 16.7 Å². The number of phenols is 1. The van der Waals surface area contributed by atoms with Gasteiger partial charge in [-0.3, -0.25) is 9.59 Å². The van der Waals surface area contributed by atoms with Crippen molar-refractivity contribution in [3.63, 3.8) is 0 Å². The lowest BCUT2D eigenvalue weighted by atomic mass is 9.78. The van der Waals surface area contributed by atoms with Crippen LogP contribution in [0.4, 0.5) is 0 Å². The van der Waals surface area contributed by atoms with Crippen molar-refractivity contribution < 1.29 is 49.0 Å². The van der Waals surface area contributed by atoms with Crippen molar-refractivity contribution in [2.75, 3.05) is 0 Å². The summed E-state index contributed by atoms with van der Waals surface area (Å²) >= 11 is 0. The summed E-state index contributed by atoms with van der Waals surface area (Å²) in [6.07, 6.45) is -6.79. The molecule has 4 N–H and O–H groups in total. The second kappa shape index (κ2) is 10.2. The molecule has 4 aliphatic rings. The Morgan fingerprint density at radius 1 is 1.02 bits per heavy atom. The van der Waals surface area contributed by atoms with Gasteiger partial charge in [-0.2, -0.15) is 0 Å². The second-order valence-corrected chi connectivity index (χ2v) is 11.6. The number of aliphatic hydroxyl groups is 3. The smallest absolute Gasteiger partial charge is 0.331 e. The Bertz CT molecular complexity index is 1530. The minimum Gasteiger partial charge on any atom is -0.507 e. The van der Waals surface area contributed by atoms with Crippen LogP contribution in [-0.2, 0) is 14.3 Å². The number of phenolic OH excluding ortho intramolecular Hbond substituents is 1. The van der Waals surface area contributed by atoms with Crippen molar-refractivity contribution in [1.82, 2.24) is 4.90 Å². The third kappa shape index (κ3) is 4.14. The molecule has 6 rings (SSSR count). The number of ether oxygens (including phenoxy) is 3. The fourth-order valence-corrected chi connectivity index (χ4v) is 6.27. The molecule has 11 nitrogen and oxygen atoms in total. The summed E-state index contributed by atoms with van der Waals surface area (Å²) in [5.74, 6) is -1.91. The fraction of sp³-hybridized carbons (Fsp3) is 0.452. The third-order valence-corrected chi connectivity index (χ3v) is 8.71. The van der Waals surface area contributed by atoms with Crippen LogP contribution < -0.4 is 4.74 Å². The number of benzene rings is 2. The molecule has 222 valence electrons. The molecule has 0 amide bonds. The van der Waals surface area contributed by atoms with Gasteiger partial charge in [0.1, 0.15) is 41.5 Å². The predicted molar refractivity (Wildman–Crippen MR) is 146 cm³/mol. The first kappa shape index (κ1) is 28.4. The maximum absolute atomic E-state index is 14.5. The van der Waals surface area contributed by atoms with Crippen LogP contribution in [0.2, 0.25) is 0 Å². The first-order chi connectivity index (χ1) is 19.9. The Labute approximate surface area is 241 Å². The number of carbonyl (C=O) groups excluding carboxylic acids is 3. The van der Waals surface area contributed by atoms with E-state index in [2.05, 4.69) is 0 Å². The van der Waals surface area contributed by atoms with Crippen molar-refractivity contribution in [2.24, 2.45) is 5.92 Å². The summed E-state index contributed by atoms with van der Waals surface area (Å²) < 4.78 is 17.3. The van der Waals surface area contributed by atoms with Crippen molar-refractivity contribution in [2.45, 2.75) is 83.5 Å². The van der Waals surface area contributed by atoms with E-state index in [1.807, 2.05) is 13.8 Å². The molecule has 1 aliphatic carbocycles. The van der Waals surface area contributed by atoms with Gasteiger partial charge < -0.3 is 39.5 Å². The van der Waals surface area contributed by atoms with E-state index >= 15 is 0 Å². The molecule has 0 bridgehead atoms. The number of aromatic hydroxyl groups is 1. The summed E-state index contributed by atoms with van der Waals surface area (Å²) in [4.78, 5) is 43.5. The van der Waals surface area contributed by atoms with E-state index in [-0.39, 0.29) is 45.4 Å². The minimum atomic E-state index is -1.65. The highest BCUT2D eigenvalue weighted by molar-refractivity contribution is 6.41.